The molecule has 0 aliphatic heterocycles. The average molecular weight is 286 g/mol. The molecule has 4 unspecified atom stereocenters. The topological polar surface area (TPSA) is 83.6 Å². The normalized spacial score (nSPS) is 17.4. The van der Waals surface area contributed by atoms with Crippen molar-refractivity contribution < 1.29 is 14.7 Å². The van der Waals surface area contributed by atoms with Crippen molar-refractivity contribution in [2.45, 2.75) is 59.5 Å². The molecular weight excluding hydrogens is 256 g/mol. The molecule has 3 N–H and O–H groups in total. The average Bonchev–Trinajstić information content (AvgIpc) is 2.40. The molecule has 5 nitrogen and oxygen atoms in total. The second-order valence-corrected chi connectivity index (χ2v) is 6.13. The summed E-state index contributed by atoms with van der Waals surface area (Å²) < 4.78 is 0. The number of amides is 1. The fourth-order valence-electron chi connectivity index (χ4n) is 2.29. The zero-order chi connectivity index (χ0) is 16.0. The van der Waals surface area contributed by atoms with Crippen molar-refractivity contribution in [2.75, 3.05) is 7.05 Å². The molecular formula is C15H30N2O3. The number of rotatable bonds is 8. The van der Waals surface area contributed by atoms with Gasteiger partial charge in [0.15, 0.2) is 0 Å². The number of carboxylic acids is 1. The highest BCUT2D eigenvalue weighted by molar-refractivity contribution is 5.82. The predicted octanol–water partition coefficient (Wildman–Crippen LogP) is 1.95. The van der Waals surface area contributed by atoms with Gasteiger partial charge < -0.3 is 15.7 Å². The number of hydrogen-bond donors (Lipinski definition) is 2. The zero-order valence-corrected chi connectivity index (χ0v) is 13.6. The van der Waals surface area contributed by atoms with Crippen LogP contribution in [-0.4, -0.2) is 41.0 Å². The summed E-state index contributed by atoms with van der Waals surface area (Å²) in [7, 11) is 1.66. The van der Waals surface area contributed by atoms with Crippen LogP contribution in [0.1, 0.15) is 47.5 Å². The van der Waals surface area contributed by atoms with Crippen LogP contribution in [0.3, 0.4) is 0 Å². The van der Waals surface area contributed by atoms with Gasteiger partial charge in [0, 0.05) is 13.1 Å². The van der Waals surface area contributed by atoms with Crippen LogP contribution in [0.4, 0.5) is 0 Å². The monoisotopic (exact) mass is 286 g/mol. The van der Waals surface area contributed by atoms with E-state index in [1.807, 2.05) is 20.8 Å². The lowest BCUT2D eigenvalue weighted by molar-refractivity contribution is -0.142. The van der Waals surface area contributed by atoms with Gasteiger partial charge in [0.1, 0.15) is 0 Å². The molecule has 0 saturated carbocycles. The highest BCUT2D eigenvalue weighted by Crippen LogP contribution is 2.25. The van der Waals surface area contributed by atoms with E-state index in [0.717, 1.165) is 6.42 Å². The van der Waals surface area contributed by atoms with E-state index in [9.17, 15) is 9.59 Å². The van der Waals surface area contributed by atoms with Crippen LogP contribution in [0.15, 0.2) is 0 Å². The standard InChI is InChI=1S/C15H30N2O3/c1-7-10(4)11(5)12(8-13(18)19)17(6)15(20)14(16)9(2)3/h9-12,14H,7-8,16H2,1-6H3,(H,18,19). The van der Waals surface area contributed by atoms with Crippen molar-refractivity contribution in [3.63, 3.8) is 0 Å². The van der Waals surface area contributed by atoms with Crippen molar-refractivity contribution in [3.05, 3.63) is 0 Å². The first-order valence-electron chi connectivity index (χ1n) is 7.37. The van der Waals surface area contributed by atoms with Crippen LogP contribution in [0.2, 0.25) is 0 Å². The third kappa shape index (κ3) is 5.12. The Morgan fingerprint density at radius 3 is 2.05 bits per heavy atom. The molecule has 0 saturated heterocycles. The van der Waals surface area contributed by atoms with Gasteiger partial charge in [-0.2, -0.15) is 0 Å². The lowest BCUT2D eigenvalue weighted by Crippen LogP contribution is -2.51. The molecule has 0 fully saturated rings. The van der Waals surface area contributed by atoms with Crippen LogP contribution in [0.25, 0.3) is 0 Å². The number of aliphatic carboxylic acids is 1. The van der Waals surface area contributed by atoms with Gasteiger partial charge in [0.2, 0.25) is 5.91 Å². The van der Waals surface area contributed by atoms with Crippen molar-refractivity contribution in [1.29, 1.82) is 0 Å². The Hall–Kier alpha value is -1.10. The Balaban J connectivity index is 5.11. The Morgan fingerprint density at radius 2 is 1.70 bits per heavy atom. The van der Waals surface area contributed by atoms with Crippen LogP contribution in [-0.2, 0) is 9.59 Å². The van der Waals surface area contributed by atoms with E-state index in [1.165, 1.54) is 4.90 Å². The highest BCUT2D eigenvalue weighted by atomic mass is 16.4. The van der Waals surface area contributed by atoms with Crippen LogP contribution in [0, 0.1) is 17.8 Å². The summed E-state index contributed by atoms with van der Waals surface area (Å²) in [5.74, 6) is -0.562. The lowest BCUT2D eigenvalue weighted by Gasteiger charge is -2.36. The van der Waals surface area contributed by atoms with Gasteiger partial charge in [-0.25, -0.2) is 0 Å². The number of likely N-dealkylation sites (N-methyl/N-ethyl adjacent to an activating group) is 1. The maximum absolute atomic E-state index is 12.3. The summed E-state index contributed by atoms with van der Waals surface area (Å²) in [4.78, 5) is 25.0. The first-order valence-corrected chi connectivity index (χ1v) is 7.37. The molecule has 0 rings (SSSR count). The highest BCUT2D eigenvalue weighted by Gasteiger charge is 2.32. The quantitative estimate of drug-likeness (QED) is 0.714. The minimum Gasteiger partial charge on any atom is -0.481 e. The van der Waals surface area contributed by atoms with E-state index in [0.29, 0.717) is 5.92 Å². The fourth-order valence-corrected chi connectivity index (χ4v) is 2.29. The third-order valence-electron chi connectivity index (χ3n) is 4.38. The SMILES string of the molecule is CCC(C)C(C)C(CC(=O)O)N(C)C(=O)C(N)C(C)C. The Kier molecular flexibility index (Phi) is 7.79. The zero-order valence-electron chi connectivity index (χ0n) is 13.6. The van der Waals surface area contributed by atoms with E-state index < -0.39 is 12.0 Å². The smallest absolute Gasteiger partial charge is 0.305 e. The van der Waals surface area contributed by atoms with Crippen molar-refractivity contribution >= 4 is 11.9 Å². The maximum Gasteiger partial charge on any atom is 0.305 e. The van der Waals surface area contributed by atoms with E-state index in [2.05, 4.69) is 13.8 Å². The van der Waals surface area contributed by atoms with Gasteiger partial charge in [0.05, 0.1) is 12.5 Å². The van der Waals surface area contributed by atoms with Gasteiger partial charge in [-0.1, -0.05) is 41.0 Å². The molecule has 118 valence electrons. The maximum atomic E-state index is 12.3. The van der Waals surface area contributed by atoms with E-state index >= 15 is 0 Å². The van der Waals surface area contributed by atoms with E-state index in [1.54, 1.807) is 7.05 Å². The molecule has 5 heteroatoms. The molecule has 0 aromatic carbocycles. The summed E-state index contributed by atoms with van der Waals surface area (Å²) in [6.07, 6.45) is 0.911. The summed E-state index contributed by atoms with van der Waals surface area (Å²) in [5, 5.41) is 9.10. The van der Waals surface area contributed by atoms with Gasteiger partial charge in [-0.05, 0) is 17.8 Å². The number of carbonyl (C=O) groups excluding carboxylic acids is 1. The molecule has 0 aromatic heterocycles. The van der Waals surface area contributed by atoms with Crippen molar-refractivity contribution in [1.82, 2.24) is 4.90 Å². The van der Waals surface area contributed by atoms with E-state index in [-0.39, 0.29) is 30.2 Å². The minimum atomic E-state index is -0.886. The summed E-state index contributed by atoms with van der Waals surface area (Å²) >= 11 is 0. The van der Waals surface area contributed by atoms with Crippen LogP contribution in [0.5, 0.6) is 0 Å². The number of carbonyl (C=O) groups is 2. The lowest BCUT2D eigenvalue weighted by atomic mass is 9.84. The van der Waals surface area contributed by atoms with Crippen molar-refractivity contribution in [2.24, 2.45) is 23.5 Å². The third-order valence-corrected chi connectivity index (χ3v) is 4.38. The van der Waals surface area contributed by atoms with Crippen molar-refractivity contribution in [3.8, 4) is 0 Å². The number of hydrogen-bond acceptors (Lipinski definition) is 3. The van der Waals surface area contributed by atoms with Gasteiger partial charge in [-0.15, -0.1) is 0 Å². The molecule has 0 heterocycles. The fraction of sp³-hybridized carbons (Fsp3) is 0.867. The molecule has 0 aliphatic rings. The Morgan fingerprint density at radius 1 is 1.20 bits per heavy atom. The molecule has 0 bridgehead atoms. The molecule has 0 aliphatic carbocycles. The van der Waals surface area contributed by atoms with Gasteiger partial charge in [0.25, 0.3) is 0 Å². The molecule has 1 amide bonds. The van der Waals surface area contributed by atoms with Crippen LogP contribution >= 0.6 is 0 Å². The second kappa shape index (κ2) is 8.25. The van der Waals surface area contributed by atoms with Gasteiger partial charge in [-0.3, -0.25) is 9.59 Å². The molecule has 0 radical (unpaired) electrons. The number of carboxylic acid groups (broad SMARTS) is 1. The molecule has 20 heavy (non-hydrogen) atoms. The minimum absolute atomic E-state index is 0.0364. The number of nitrogens with two attached hydrogens (primary N) is 1. The molecule has 0 aromatic rings. The largest absolute Gasteiger partial charge is 0.481 e. The predicted molar refractivity (Wildman–Crippen MR) is 80.2 cm³/mol. The second-order valence-electron chi connectivity index (χ2n) is 6.13. The van der Waals surface area contributed by atoms with E-state index in [4.69, 9.17) is 10.8 Å². The summed E-state index contributed by atoms with van der Waals surface area (Å²) in [6, 6.07) is -0.903. The first kappa shape index (κ1) is 18.9. The van der Waals surface area contributed by atoms with Gasteiger partial charge >= 0.3 is 5.97 Å². The first-order chi connectivity index (χ1) is 9.13. The molecule has 4 atom stereocenters. The number of nitrogens with zero attached hydrogens (tertiary/aromatic N) is 1. The molecule has 0 spiro atoms. The Labute approximate surface area is 122 Å². The summed E-state index contributed by atoms with van der Waals surface area (Å²) in [5.41, 5.74) is 5.90. The van der Waals surface area contributed by atoms with Crippen LogP contribution < -0.4 is 5.73 Å². The Bertz CT molecular complexity index is 331. The summed E-state index contributed by atoms with van der Waals surface area (Å²) in [6.45, 7) is 9.94.